The van der Waals surface area contributed by atoms with E-state index in [1.165, 1.54) is 0 Å². The van der Waals surface area contributed by atoms with E-state index < -0.39 is 7.12 Å². The van der Waals surface area contributed by atoms with Gasteiger partial charge in [-0.05, 0) is 31.1 Å². The van der Waals surface area contributed by atoms with Crippen LogP contribution in [0.3, 0.4) is 0 Å². The molecule has 0 amide bonds. The summed E-state index contributed by atoms with van der Waals surface area (Å²) in [5.74, 6) is 0.681. The summed E-state index contributed by atoms with van der Waals surface area (Å²) >= 11 is 0. The summed E-state index contributed by atoms with van der Waals surface area (Å²) in [6.45, 7) is 9.05. The van der Waals surface area contributed by atoms with E-state index in [-0.39, 0.29) is 54.8 Å². The summed E-state index contributed by atoms with van der Waals surface area (Å²) in [6.07, 6.45) is 2.90. The molecule has 1 aromatic rings. The summed E-state index contributed by atoms with van der Waals surface area (Å²) < 4.78 is 17.0. The molecule has 0 atom stereocenters. The van der Waals surface area contributed by atoms with Crippen molar-refractivity contribution in [1.82, 2.24) is 4.98 Å². The van der Waals surface area contributed by atoms with Crippen LogP contribution in [-0.4, -0.2) is 31.9 Å². The second-order valence-corrected chi connectivity index (χ2v) is 5.17. The minimum absolute atomic E-state index is 0. The summed E-state index contributed by atoms with van der Waals surface area (Å²) in [6, 6.07) is 0. The molecule has 0 aliphatic heterocycles. The van der Waals surface area contributed by atoms with Gasteiger partial charge < -0.3 is 24.3 Å². The third-order valence-electron chi connectivity index (χ3n) is 3.09. The van der Waals surface area contributed by atoms with Crippen LogP contribution in [0.2, 0.25) is 0 Å². The molecule has 6 nitrogen and oxygen atoms in total. The molecule has 1 heterocycles. The molecule has 0 saturated carbocycles. The van der Waals surface area contributed by atoms with Crippen LogP contribution < -0.4 is 67.4 Å². The third kappa shape index (κ3) is 7.87. The van der Waals surface area contributed by atoms with Crippen molar-refractivity contribution in [3.05, 3.63) is 5.69 Å². The SMILES string of the molecule is CCCOc1nc(CC)c(OCCC)c(OCCC)c1B([O-])[O-].[Li+].[Li+]. The number of aromatic nitrogens is 1. The van der Waals surface area contributed by atoms with Gasteiger partial charge in [-0.3, -0.25) is 0 Å². The molecule has 130 valence electrons. The first-order valence-corrected chi connectivity index (χ1v) is 8.37. The van der Waals surface area contributed by atoms with Crippen LogP contribution in [0.5, 0.6) is 17.4 Å². The Morgan fingerprint density at radius 3 is 1.72 bits per heavy atom. The fraction of sp³-hybridized carbons (Fsp3) is 0.688. The summed E-state index contributed by atoms with van der Waals surface area (Å²) in [5.41, 5.74) is 0.551. The van der Waals surface area contributed by atoms with E-state index in [4.69, 9.17) is 14.2 Å². The van der Waals surface area contributed by atoms with E-state index in [2.05, 4.69) is 4.98 Å². The molecule has 0 radical (unpaired) electrons. The molecular formula is C16H26BLi2NO5. The Balaban J connectivity index is 0. The molecule has 0 bridgehead atoms. The first kappa shape index (κ1) is 27.0. The predicted octanol–water partition coefficient (Wildman–Crippen LogP) is -5.57. The van der Waals surface area contributed by atoms with Gasteiger partial charge in [0.2, 0.25) is 5.88 Å². The zero-order chi connectivity index (χ0) is 17.2. The molecule has 0 spiro atoms. The van der Waals surface area contributed by atoms with Crippen molar-refractivity contribution in [1.29, 1.82) is 0 Å². The summed E-state index contributed by atoms with van der Waals surface area (Å²) in [4.78, 5) is 4.34. The molecule has 1 rings (SSSR count). The normalized spacial score (nSPS) is 9.68. The minimum Gasteiger partial charge on any atom is -0.889 e. The fourth-order valence-corrected chi connectivity index (χ4v) is 2.04. The Labute approximate surface area is 175 Å². The molecule has 0 fully saturated rings. The van der Waals surface area contributed by atoms with Crippen LogP contribution in [0, 0.1) is 0 Å². The van der Waals surface area contributed by atoms with Crippen LogP contribution in [-0.2, 0) is 6.42 Å². The molecule has 0 unspecified atom stereocenters. The van der Waals surface area contributed by atoms with Gasteiger partial charge in [0, 0.05) is 0 Å². The Bertz CT molecular complexity index is 492. The zero-order valence-electron chi connectivity index (χ0n) is 16.5. The Morgan fingerprint density at radius 1 is 0.800 bits per heavy atom. The topological polar surface area (TPSA) is 86.7 Å². The number of nitrogens with zero attached hydrogens (tertiary/aromatic N) is 1. The standard InChI is InChI=1S/C16H26BNO5.2Li/c1-5-9-21-14-12(8-4)18-16(23-11-7-3)13(17(19)20)15(14)22-10-6-2;;/h5-11H2,1-4H3;;/q-2;2*+1. The van der Waals surface area contributed by atoms with Crippen molar-refractivity contribution >= 4 is 12.6 Å². The fourth-order valence-electron chi connectivity index (χ4n) is 2.04. The molecular weight excluding hydrogens is 311 g/mol. The number of rotatable bonds is 11. The maximum Gasteiger partial charge on any atom is 1.00 e. The van der Waals surface area contributed by atoms with Gasteiger partial charge in [-0.15, -0.1) is 0 Å². The van der Waals surface area contributed by atoms with E-state index in [1.807, 2.05) is 27.7 Å². The molecule has 0 aliphatic rings. The molecule has 1 aromatic heterocycles. The monoisotopic (exact) mass is 337 g/mol. The van der Waals surface area contributed by atoms with Crippen molar-refractivity contribution in [2.75, 3.05) is 19.8 Å². The zero-order valence-corrected chi connectivity index (χ0v) is 16.5. The second-order valence-electron chi connectivity index (χ2n) is 5.17. The summed E-state index contributed by atoms with van der Waals surface area (Å²) in [5, 5.41) is 23.4. The van der Waals surface area contributed by atoms with Crippen LogP contribution in [0.1, 0.15) is 52.7 Å². The molecule has 9 heteroatoms. The maximum atomic E-state index is 11.7. The van der Waals surface area contributed by atoms with E-state index in [9.17, 15) is 10.0 Å². The Kier molecular flexibility index (Phi) is 16.0. The van der Waals surface area contributed by atoms with Crippen molar-refractivity contribution in [3.63, 3.8) is 0 Å². The van der Waals surface area contributed by atoms with Crippen LogP contribution in [0.15, 0.2) is 0 Å². The maximum absolute atomic E-state index is 11.7. The first-order chi connectivity index (χ1) is 11.1. The molecule has 0 aromatic carbocycles. The molecule has 0 N–H and O–H groups in total. The summed E-state index contributed by atoms with van der Waals surface area (Å²) in [7, 11) is -2.24. The average molecular weight is 337 g/mol. The van der Waals surface area contributed by atoms with Crippen molar-refractivity contribution < 1.29 is 62.0 Å². The van der Waals surface area contributed by atoms with Crippen molar-refractivity contribution in [2.24, 2.45) is 0 Å². The van der Waals surface area contributed by atoms with Crippen molar-refractivity contribution in [2.45, 2.75) is 53.4 Å². The molecule has 0 aliphatic carbocycles. The predicted molar refractivity (Wildman–Crippen MR) is 86.4 cm³/mol. The van der Waals surface area contributed by atoms with Gasteiger partial charge >= 0.3 is 37.7 Å². The number of hydrogen-bond donors (Lipinski definition) is 0. The van der Waals surface area contributed by atoms with Crippen LogP contribution >= 0.6 is 0 Å². The van der Waals surface area contributed by atoms with Gasteiger partial charge in [0.1, 0.15) is 0 Å². The van der Waals surface area contributed by atoms with Crippen LogP contribution in [0.25, 0.3) is 0 Å². The van der Waals surface area contributed by atoms with E-state index >= 15 is 0 Å². The smallest absolute Gasteiger partial charge is 0.889 e. The van der Waals surface area contributed by atoms with E-state index in [0.717, 1.165) is 19.3 Å². The van der Waals surface area contributed by atoms with Gasteiger partial charge in [0.05, 0.1) is 25.5 Å². The second kappa shape index (κ2) is 14.9. The van der Waals surface area contributed by atoms with Crippen molar-refractivity contribution in [3.8, 4) is 17.4 Å². The number of aryl methyl sites for hydroxylation is 1. The number of ether oxygens (including phenoxy) is 3. The van der Waals surface area contributed by atoms with Gasteiger partial charge in [-0.2, -0.15) is 0 Å². The van der Waals surface area contributed by atoms with Crippen LogP contribution in [0.4, 0.5) is 0 Å². The van der Waals surface area contributed by atoms with Gasteiger partial charge in [0.15, 0.2) is 11.5 Å². The van der Waals surface area contributed by atoms with E-state index in [0.29, 0.717) is 37.7 Å². The quantitative estimate of drug-likeness (QED) is 0.375. The molecule has 0 saturated heterocycles. The van der Waals surface area contributed by atoms with Gasteiger partial charge in [-0.1, -0.05) is 34.8 Å². The minimum atomic E-state index is -2.24. The Hall–Kier alpha value is -0.270. The Morgan fingerprint density at radius 2 is 1.28 bits per heavy atom. The number of pyridine rings is 1. The van der Waals surface area contributed by atoms with E-state index in [1.54, 1.807) is 0 Å². The van der Waals surface area contributed by atoms with Gasteiger partial charge in [-0.25, -0.2) is 4.98 Å². The molecule has 25 heavy (non-hydrogen) atoms. The first-order valence-electron chi connectivity index (χ1n) is 8.37. The average Bonchev–Trinajstić information content (AvgIpc) is 2.55. The largest absolute Gasteiger partial charge is 1.00 e. The third-order valence-corrected chi connectivity index (χ3v) is 3.09. The van der Waals surface area contributed by atoms with Gasteiger partial charge in [0.25, 0.3) is 0 Å². The number of hydrogen-bond acceptors (Lipinski definition) is 6.